The summed E-state index contributed by atoms with van der Waals surface area (Å²) < 4.78 is 20.6. The van der Waals surface area contributed by atoms with Crippen molar-refractivity contribution >= 4 is 34.9 Å². The van der Waals surface area contributed by atoms with E-state index in [1.165, 1.54) is 24.8 Å². The van der Waals surface area contributed by atoms with E-state index in [4.69, 9.17) is 4.74 Å². The minimum absolute atomic E-state index is 0. The maximum absolute atomic E-state index is 13.4. The molecule has 0 spiro atoms. The lowest BCUT2D eigenvalue weighted by atomic mass is 10.1. The molecule has 0 radical (unpaired) electrons. The van der Waals surface area contributed by atoms with Crippen molar-refractivity contribution in [3.63, 3.8) is 0 Å². The number of halogens is 2. The Morgan fingerprint density at radius 3 is 2.59 bits per heavy atom. The maximum atomic E-state index is 13.4. The first-order valence-electron chi connectivity index (χ1n) is 9.07. The zero-order valence-corrected chi connectivity index (χ0v) is 17.6. The van der Waals surface area contributed by atoms with E-state index in [1.807, 2.05) is 12.1 Å². The van der Waals surface area contributed by atoms with Gasteiger partial charge in [0.15, 0.2) is 0 Å². The van der Waals surface area contributed by atoms with Gasteiger partial charge in [-0.25, -0.2) is 4.39 Å². The van der Waals surface area contributed by atoms with Gasteiger partial charge < -0.3 is 14.2 Å². The van der Waals surface area contributed by atoms with Crippen LogP contribution in [0.15, 0.2) is 49.2 Å². The molecule has 2 aromatic heterocycles. The number of carbonyl (C=O) groups is 1. The standard InChI is InChI=1S/C22H24FN3O2.ClH/c1-5-12-25-16(3)15(2)19-10-11-24-20(22(19)25)13-26(21(27)14-28-4)18-8-6-17(23)7-9-18;/h5-11H,1,12-14H2,2-4H3;1H. The monoisotopic (exact) mass is 417 g/mol. The fraction of sp³-hybridized carbons (Fsp3) is 0.273. The van der Waals surface area contributed by atoms with Gasteiger partial charge in [-0.15, -0.1) is 19.0 Å². The molecule has 154 valence electrons. The van der Waals surface area contributed by atoms with Crippen LogP contribution in [0.3, 0.4) is 0 Å². The number of hydrogen-bond donors (Lipinski definition) is 0. The van der Waals surface area contributed by atoms with Crippen molar-refractivity contribution in [3.8, 4) is 0 Å². The molecule has 0 aliphatic carbocycles. The highest BCUT2D eigenvalue weighted by atomic mass is 35.5. The van der Waals surface area contributed by atoms with Crippen molar-refractivity contribution in [1.82, 2.24) is 9.55 Å². The Labute approximate surface area is 176 Å². The zero-order valence-electron chi connectivity index (χ0n) is 16.8. The van der Waals surface area contributed by atoms with Gasteiger partial charge in [0.2, 0.25) is 0 Å². The molecule has 0 saturated heterocycles. The summed E-state index contributed by atoms with van der Waals surface area (Å²) in [5, 5.41) is 1.10. The normalized spacial score (nSPS) is 10.6. The summed E-state index contributed by atoms with van der Waals surface area (Å²) in [7, 11) is 1.47. The van der Waals surface area contributed by atoms with Gasteiger partial charge in [0.25, 0.3) is 5.91 Å². The average Bonchev–Trinajstić information content (AvgIpc) is 2.93. The van der Waals surface area contributed by atoms with E-state index in [0.717, 1.165) is 22.3 Å². The Kier molecular flexibility index (Phi) is 7.53. The first-order chi connectivity index (χ1) is 13.5. The van der Waals surface area contributed by atoms with Crippen LogP contribution in [-0.2, 0) is 22.6 Å². The first-order valence-corrected chi connectivity index (χ1v) is 9.07. The van der Waals surface area contributed by atoms with Gasteiger partial charge in [0, 0.05) is 36.6 Å². The van der Waals surface area contributed by atoms with Gasteiger partial charge in [-0.2, -0.15) is 0 Å². The fourth-order valence-electron chi connectivity index (χ4n) is 3.43. The molecule has 0 bridgehead atoms. The second-order valence-corrected chi connectivity index (χ2v) is 6.65. The lowest BCUT2D eigenvalue weighted by Gasteiger charge is -2.23. The molecule has 0 saturated carbocycles. The van der Waals surface area contributed by atoms with Crippen molar-refractivity contribution in [3.05, 3.63) is 72.0 Å². The molecule has 1 amide bonds. The number of aromatic nitrogens is 2. The van der Waals surface area contributed by atoms with Crippen molar-refractivity contribution in [2.45, 2.75) is 26.9 Å². The van der Waals surface area contributed by atoms with Crippen LogP contribution in [0.4, 0.5) is 10.1 Å². The number of amides is 1. The number of ether oxygens (including phenoxy) is 1. The number of hydrogen-bond acceptors (Lipinski definition) is 3. The van der Waals surface area contributed by atoms with Gasteiger partial charge in [0.05, 0.1) is 17.8 Å². The van der Waals surface area contributed by atoms with E-state index in [0.29, 0.717) is 12.2 Å². The number of allylic oxidation sites excluding steroid dienone is 1. The second kappa shape index (κ2) is 9.67. The van der Waals surface area contributed by atoms with Crippen molar-refractivity contribution in [2.24, 2.45) is 0 Å². The van der Waals surface area contributed by atoms with Gasteiger partial charge >= 0.3 is 0 Å². The molecule has 3 rings (SSSR count). The van der Waals surface area contributed by atoms with E-state index in [-0.39, 0.29) is 37.3 Å². The van der Waals surface area contributed by atoms with Gasteiger partial charge in [-0.05, 0) is 49.7 Å². The maximum Gasteiger partial charge on any atom is 0.253 e. The number of rotatable bonds is 7. The number of anilines is 1. The molecule has 0 atom stereocenters. The highest BCUT2D eigenvalue weighted by Crippen LogP contribution is 2.29. The van der Waals surface area contributed by atoms with Crippen molar-refractivity contribution < 1.29 is 13.9 Å². The first kappa shape index (κ1) is 22.6. The number of pyridine rings is 1. The molecular formula is C22H25ClFN3O2. The van der Waals surface area contributed by atoms with Crippen LogP contribution in [0, 0.1) is 19.7 Å². The van der Waals surface area contributed by atoms with Crippen LogP contribution >= 0.6 is 12.4 Å². The van der Waals surface area contributed by atoms with E-state index in [2.05, 4.69) is 30.0 Å². The number of carbonyl (C=O) groups excluding carboxylic acids is 1. The second-order valence-electron chi connectivity index (χ2n) is 6.65. The van der Waals surface area contributed by atoms with Crippen LogP contribution in [0.2, 0.25) is 0 Å². The summed E-state index contributed by atoms with van der Waals surface area (Å²) in [6, 6.07) is 7.83. The van der Waals surface area contributed by atoms with Gasteiger partial charge in [-0.1, -0.05) is 6.08 Å². The SMILES string of the molecule is C=CCn1c(C)c(C)c2ccnc(CN(C(=O)COC)c3ccc(F)cc3)c21.Cl. The highest BCUT2D eigenvalue weighted by molar-refractivity contribution is 5.95. The fourth-order valence-corrected chi connectivity index (χ4v) is 3.43. The topological polar surface area (TPSA) is 47.4 Å². The third-order valence-electron chi connectivity index (χ3n) is 4.95. The molecule has 0 unspecified atom stereocenters. The number of aryl methyl sites for hydroxylation is 1. The summed E-state index contributed by atoms with van der Waals surface area (Å²) in [4.78, 5) is 18.8. The van der Waals surface area contributed by atoms with Crippen molar-refractivity contribution in [1.29, 1.82) is 0 Å². The lowest BCUT2D eigenvalue weighted by Crippen LogP contribution is -2.33. The van der Waals surface area contributed by atoms with Crippen LogP contribution in [0.5, 0.6) is 0 Å². The summed E-state index contributed by atoms with van der Waals surface area (Å²) in [6.45, 7) is 8.83. The summed E-state index contributed by atoms with van der Waals surface area (Å²) in [5.41, 5.74) is 4.66. The number of fused-ring (bicyclic) bond motifs is 1. The number of methoxy groups -OCH3 is 1. The van der Waals surface area contributed by atoms with Gasteiger partial charge in [0.1, 0.15) is 12.4 Å². The summed E-state index contributed by atoms with van der Waals surface area (Å²) >= 11 is 0. The minimum Gasteiger partial charge on any atom is -0.375 e. The average molecular weight is 418 g/mol. The predicted octanol–water partition coefficient (Wildman–Crippen LogP) is 4.58. The van der Waals surface area contributed by atoms with Gasteiger partial charge in [-0.3, -0.25) is 9.78 Å². The molecule has 0 fully saturated rings. The number of nitrogens with zero attached hydrogens (tertiary/aromatic N) is 3. The summed E-state index contributed by atoms with van der Waals surface area (Å²) in [6.07, 6.45) is 3.60. The van der Waals surface area contributed by atoms with Crippen LogP contribution < -0.4 is 4.90 Å². The highest BCUT2D eigenvalue weighted by Gasteiger charge is 2.21. The Balaban J connectivity index is 0.00000300. The molecule has 3 aromatic rings. The van der Waals surface area contributed by atoms with Crippen LogP contribution in [-0.4, -0.2) is 29.2 Å². The third-order valence-corrected chi connectivity index (χ3v) is 4.95. The zero-order chi connectivity index (χ0) is 20.3. The van der Waals surface area contributed by atoms with Crippen LogP contribution in [0.25, 0.3) is 10.9 Å². The third kappa shape index (κ3) is 4.49. The molecule has 2 heterocycles. The molecule has 7 heteroatoms. The molecular weight excluding hydrogens is 393 g/mol. The molecule has 1 aromatic carbocycles. The minimum atomic E-state index is -0.353. The van der Waals surface area contributed by atoms with E-state index < -0.39 is 0 Å². The lowest BCUT2D eigenvalue weighted by molar-refractivity contribution is -0.122. The predicted molar refractivity (Wildman–Crippen MR) is 116 cm³/mol. The smallest absolute Gasteiger partial charge is 0.253 e. The Morgan fingerprint density at radius 1 is 1.28 bits per heavy atom. The van der Waals surface area contributed by atoms with E-state index in [9.17, 15) is 9.18 Å². The number of benzene rings is 1. The van der Waals surface area contributed by atoms with Crippen LogP contribution in [0.1, 0.15) is 17.0 Å². The molecule has 0 N–H and O–H groups in total. The largest absolute Gasteiger partial charge is 0.375 e. The Morgan fingerprint density at radius 2 is 1.97 bits per heavy atom. The molecule has 0 aliphatic heterocycles. The Hall–Kier alpha value is -2.70. The van der Waals surface area contributed by atoms with Crippen molar-refractivity contribution in [2.75, 3.05) is 18.6 Å². The Bertz CT molecular complexity index is 1020. The summed E-state index contributed by atoms with van der Waals surface area (Å²) in [5.74, 6) is -0.572. The van der Waals surface area contributed by atoms with E-state index >= 15 is 0 Å². The molecule has 0 aliphatic rings. The molecule has 29 heavy (non-hydrogen) atoms. The van der Waals surface area contributed by atoms with E-state index in [1.54, 1.807) is 23.2 Å². The molecule has 5 nitrogen and oxygen atoms in total. The quantitative estimate of drug-likeness (QED) is 0.528.